The molecule has 0 saturated carbocycles. The molecule has 2 heterocycles. The number of anilines is 3. The van der Waals surface area contributed by atoms with Gasteiger partial charge in [0.15, 0.2) is 0 Å². The molecular formula is C40H29N3O4. The summed E-state index contributed by atoms with van der Waals surface area (Å²) in [7, 11) is 2.61. The van der Waals surface area contributed by atoms with E-state index in [1.54, 1.807) is 23.1 Å². The number of para-hydroxylation sites is 1. The Morgan fingerprint density at radius 1 is 0.489 bits per heavy atom. The lowest BCUT2D eigenvalue weighted by Gasteiger charge is -2.27. The number of ether oxygens (including phenoxy) is 2. The van der Waals surface area contributed by atoms with Gasteiger partial charge in [-0.05, 0) is 70.1 Å². The van der Waals surface area contributed by atoms with Gasteiger partial charge in [0.1, 0.15) is 11.6 Å². The van der Waals surface area contributed by atoms with E-state index in [1.807, 2.05) is 72.8 Å². The number of aromatic nitrogens is 2. The molecule has 0 aliphatic rings. The van der Waals surface area contributed by atoms with E-state index in [4.69, 9.17) is 19.4 Å². The van der Waals surface area contributed by atoms with E-state index in [2.05, 4.69) is 48.5 Å². The first-order chi connectivity index (χ1) is 23.0. The maximum Gasteiger partial charge on any atom is 0.340 e. The molecule has 0 unspecified atom stereocenters. The van der Waals surface area contributed by atoms with Crippen molar-refractivity contribution in [2.45, 2.75) is 0 Å². The van der Waals surface area contributed by atoms with Crippen molar-refractivity contribution in [3.8, 4) is 22.5 Å². The highest BCUT2D eigenvalue weighted by Gasteiger charge is 2.29. The predicted molar refractivity (Wildman–Crippen MR) is 185 cm³/mol. The number of hydrogen-bond donors (Lipinski definition) is 0. The third kappa shape index (κ3) is 5.66. The molecule has 228 valence electrons. The zero-order valence-corrected chi connectivity index (χ0v) is 25.8. The van der Waals surface area contributed by atoms with Crippen molar-refractivity contribution in [1.29, 1.82) is 0 Å². The van der Waals surface area contributed by atoms with E-state index >= 15 is 0 Å². The van der Waals surface area contributed by atoms with Crippen molar-refractivity contribution in [3.63, 3.8) is 0 Å². The van der Waals surface area contributed by atoms with Crippen LogP contribution in [0.25, 0.3) is 44.1 Å². The molecule has 0 aliphatic heterocycles. The molecule has 7 nitrogen and oxygen atoms in total. The van der Waals surface area contributed by atoms with Crippen molar-refractivity contribution in [1.82, 2.24) is 9.97 Å². The van der Waals surface area contributed by atoms with Gasteiger partial charge in [-0.25, -0.2) is 19.6 Å². The normalized spacial score (nSPS) is 10.9. The number of benzene rings is 5. The molecule has 0 aliphatic carbocycles. The highest BCUT2D eigenvalue weighted by atomic mass is 16.5. The average Bonchev–Trinajstić information content (AvgIpc) is 3.14. The molecular weight excluding hydrogens is 586 g/mol. The van der Waals surface area contributed by atoms with Gasteiger partial charge in [0, 0.05) is 11.1 Å². The average molecular weight is 616 g/mol. The van der Waals surface area contributed by atoms with Crippen LogP contribution in [0.3, 0.4) is 0 Å². The van der Waals surface area contributed by atoms with Crippen LogP contribution in [0.1, 0.15) is 20.7 Å². The zero-order chi connectivity index (χ0) is 32.3. The Morgan fingerprint density at radius 2 is 0.915 bits per heavy atom. The number of methoxy groups -OCH3 is 2. The number of fused-ring (bicyclic) bond motifs is 2. The highest BCUT2D eigenvalue weighted by molar-refractivity contribution is 6.07. The molecule has 0 spiro atoms. The van der Waals surface area contributed by atoms with Gasteiger partial charge in [0.05, 0.1) is 42.4 Å². The molecule has 0 bridgehead atoms. The number of pyridine rings is 2. The second-order valence-electron chi connectivity index (χ2n) is 10.9. The lowest BCUT2D eigenvalue weighted by molar-refractivity contribution is 0.0601. The van der Waals surface area contributed by atoms with Gasteiger partial charge >= 0.3 is 11.9 Å². The fraction of sp³-hybridized carbons (Fsp3) is 0.0500. The van der Waals surface area contributed by atoms with Gasteiger partial charge in [-0.3, -0.25) is 4.90 Å². The van der Waals surface area contributed by atoms with Crippen LogP contribution in [0.4, 0.5) is 17.3 Å². The van der Waals surface area contributed by atoms with Gasteiger partial charge in [0.2, 0.25) is 0 Å². The Morgan fingerprint density at radius 3 is 1.36 bits per heavy atom. The lowest BCUT2D eigenvalue weighted by Crippen LogP contribution is -2.21. The van der Waals surface area contributed by atoms with E-state index in [9.17, 15) is 9.59 Å². The summed E-state index contributed by atoms with van der Waals surface area (Å²) in [5, 5.41) is 4.42. The Bertz CT molecular complexity index is 2140. The number of hydrogen-bond acceptors (Lipinski definition) is 7. The first kappa shape index (κ1) is 29.4. The highest BCUT2D eigenvalue weighted by Crippen LogP contribution is 2.40. The summed E-state index contributed by atoms with van der Waals surface area (Å²) in [5.41, 5.74) is 3.81. The minimum atomic E-state index is -0.618. The topological polar surface area (TPSA) is 81.6 Å². The molecule has 0 amide bonds. The summed E-state index contributed by atoms with van der Waals surface area (Å²) in [5.74, 6) is -0.347. The lowest BCUT2D eigenvalue weighted by atomic mass is 10.0. The summed E-state index contributed by atoms with van der Waals surface area (Å²) in [6, 6.07) is 44.8. The standard InChI is InChI=1S/C40H29N3O4/c1-46-39(44)32-14-7-15-33(40(45)47-2)38(32)43(36-18-8-16-34(41-36)30-22-20-26-10-3-5-12-28(26)24-30)37-19-9-17-35(42-37)31-23-21-27-11-4-6-13-29(27)25-31/h3-25H,1-2H3. The van der Waals surface area contributed by atoms with Crippen molar-refractivity contribution < 1.29 is 19.1 Å². The van der Waals surface area contributed by atoms with Crippen molar-refractivity contribution in [3.05, 3.63) is 151 Å². The van der Waals surface area contributed by atoms with Gasteiger partial charge in [-0.1, -0.05) is 91.0 Å². The van der Waals surface area contributed by atoms with Gasteiger partial charge in [-0.15, -0.1) is 0 Å². The van der Waals surface area contributed by atoms with Crippen molar-refractivity contribution in [2.24, 2.45) is 0 Å². The largest absolute Gasteiger partial charge is 0.465 e. The molecule has 0 fully saturated rings. The SMILES string of the molecule is COC(=O)c1cccc(C(=O)OC)c1N(c1cccc(-c2ccc3ccccc3c2)n1)c1cccc(-c2ccc3ccccc3c2)n1. The number of carbonyl (C=O) groups is 2. The van der Waals surface area contributed by atoms with Crippen LogP contribution in [-0.2, 0) is 9.47 Å². The molecule has 47 heavy (non-hydrogen) atoms. The molecule has 0 N–H and O–H groups in total. The Labute approximate surface area is 271 Å². The summed E-state index contributed by atoms with van der Waals surface area (Å²) in [4.78, 5) is 38.4. The first-order valence-electron chi connectivity index (χ1n) is 15.1. The molecule has 2 aromatic heterocycles. The molecule has 0 atom stereocenters. The van der Waals surface area contributed by atoms with E-state index in [-0.39, 0.29) is 16.8 Å². The number of nitrogens with zero attached hydrogens (tertiary/aromatic N) is 3. The summed E-state index contributed by atoms with van der Waals surface area (Å²) in [6.45, 7) is 0. The van der Waals surface area contributed by atoms with E-state index < -0.39 is 11.9 Å². The minimum Gasteiger partial charge on any atom is -0.465 e. The fourth-order valence-corrected chi connectivity index (χ4v) is 5.79. The third-order valence-electron chi connectivity index (χ3n) is 8.09. The van der Waals surface area contributed by atoms with Crippen LogP contribution in [0, 0.1) is 0 Å². The van der Waals surface area contributed by atoms with Crippen LogP contribution in [-0.4, -0.2) is 36.1 Å². The van der Waals surface area contributed by atoms with Crippen LogP contribution >= 0.6 is 0 Å². The van der Waals surface area contributed by atoms with Gasteiger partial charge in [-0.2, -0.15) is 0 Å². The zero-order valence-electron chi connectivity index (χ0n) is 25.8. The summed E-state index contributed by atoms with van der Waals surface area (Å²) in [6.07, 6.45) is 0. The van der Waals surface area contributed by atoms with Crippen LogP contribution in [0.15, 0.2) is 140 Å². The Balaban J connectivity index is 1.45. The van der Waals surface area contributed by atoms with Crippen molar-refractivity contribution >= 4 is 50.8 Å². The maximum atomic E-state index is 13.2. The monoisotopic (exact) mass is 615 g/mol. The molecule has 7 heteroatoms. The van der Waals surface area contributed by atoms with E-state index in [0.717, 1.165) is 32.7 Å². The molecule has 5 aromatic carbocycles. The molecule has 0 radical (unpaired) electrons. The van der Waals surface area contributed by atoms with Gasteiger partial charge < -0.3 is 9.47 Å². The molecule has 7 aromatic rings. The van der Waals surface area contributed by atoms with E-state index in [1.165, 1.54) is 14.2 Å². The fourth-order valence-electron chi connectivity index (χ4n) is 5.79. The Kier molecular flexibility index (Phi) is 7.86. The van der Waals surface area contributed by atoms with Gasteiger partial charge in [0.25, 0.3) is 0 Å². The van der Waals surface area contributed by atoms with Crippen LogP contribution < -0.4 is 4.90 Å². The maximum absolute atomic E-state index is 13.2. The quantitative estimate of drug-likeness (QED) is 0.165. The number of esters is 2. The Hall–Kier alpha value is -6.34. The third-order valence-corrected chi connectivity index (χ3v) is 8.09. The smallest absolute Gasteiger partial charge is 0.340 e. The first-order valence-corrected chi connectivity index (χ1v) is 15.1. The number of rotatable bonds is 7. The van der Waals surface area contributed by atoms with Crippen LogP contribution in [0.5, 0.6) is 0 Å². The van der Waals surface area contributed by atoms with Crippen molar-refractivity contribution in [2.75, 3.05) is 19.1 Å². The van der Waals surface area contributed by atoms with Crippen LogP contribution in [0.2, 0.25) is 0 Å². The summed E-state index contributed by atoms with van der Waals surface area (Å²) >= 11 is 0. The second kappa shape index (κ2) is 12.6. The second-order valence-corrected chi connectivity index (χ2v) is 10.9. The molecule has 7 rings (SSSR count). The summed E-state index contributed by atoms with van der Waals surface area (Å²) < 4.78 is 10.4. The number of carbonyl (C=O) groups excluding carboxylic acids is 2. The van der Waals surface area contributed by atoms with E-state index in [0.29, 0.717) is 23.0 Å². The molecule has 0 saturated heterocycles. The minimum absolute atomic E-state index is 0.159. The predicted octanol–water partition coefficient (Wildman–Crippen LogP) is 9.16.